The lowest BCUT2D eigenvalue weighted by Crippen LogP contribution is -2.50. The summed E-state index contributed by atoms with van der Waals surface area (Å²) in [6.45, 7) is 5.87. The van der Waals surface area contributed by atoms with Crippen LogP contribution in [0.2, 0.25) is 0 Å². The molecule has 1 aliphatic rings. The topological polar surface area (TPSA) is 66.6 Å². The minimum Gasteiger partial charge on any atom is -0.369 e. The second-order valence-electron chi connectivity index (χ2n) is 6.60. The van der Waals surface area contributed by atoms with Crippen molar-refractivity contribution in [3.8, 4) is 0 Å². The summed E-state index contributed by atoms with van der Waals surface area (Å²) >= 11 is 0. The lowest BCUT2D eigenvalue weighted by Gasteiger charge is -2.35. The second-order valence-corrected chi connectivity index (χ2v) is 6.60. The molecule has 0 saturated carbocycles. The molecule has 1 aromatic carbocycles. The fraction of sp³-hybridized carbons (Fsp3) is 0.556. The summed E-state index contributed by atoms with van der Waals surface area (Å²) in [7, 11) is 1.96. The van der Waals surface area contributed by atoms with E-state index in [-0.39, 0.29) is 23.8 Å². The van der Waals surface area contributed by atoms with Crippen LogP contribution in [0.4, 0.5) is 0 Å². The molecule has 0 aliphatic carbocycles. The number of benzene rings is 1. The molecule has 0 radical (unpaired) electrons. The van der Waals surface area contributed by atoms with Gasteiger partial charge in [0.25, 0.3) is 0 Å². The van der Waals surface area contributed by atoms with E-state index in [9.17, 15) is 9.59 Å². The van der Waals surface area contributed by atoms with E-state index in [0.717, 1.165) is 19.4 Å². The number of likely N-dealkylation sites (N-methyl/N-ethyl adjacent to an activating group) is 1. The Bertz CT molecular complexity index is 556. The quantitative estimate of drug-likeness (QED) is 0.896. The van der Waals surface area contributed by atoms with Crippen LogP contribution in [-0.2, 0) is 16.1 Å². The minimum atomic E-state index is -0.303. The molecule has 23 heavy (non-hydrogen) atoms. The Morgan fingerprint density at radius 2 is 2.00 bits per heavy atom. The summed E-state index contributed by atoms with van der Waals surface area (Å²) in [6.07, 6.45) is 1.63. The first-order chi connectivity index (χ1) is 10.9. The molecule has 1 saturated heterocycles. The summed E-state index contributed by atoms with van der Waals surface area (Å²) < 4.78 is 0. The third-order valence-electron chi connectivity index (χ3n) is 4.71. The maximum absolute atomic E-state index is 12.7. The van der Waals surface area contributed by atoms with Crippen LogP contribution in [0.15, 0.2) is 24.3 Å². The molecule has 1 fully saturated rings. The van der Waals surface area contributed by atoms with Crippen molar-refractivity contribution in [3.05, 3.63) is 35.4 Å². The van der Waals surface area contributed by atoms with Crippen LogP contribution in [0, 0.1) is 12.8 Å². The van der Waals surface area contributed by atoms with Gasteiger partial charge in [0.1, 0.15) is 0 Å². The molecule has 5 heteroatoms. The molecule has 0 bridgehead atoms. The SMILES string of the molecule is Cc1ccc(CN(C)[C@H](C)C(=O)N2CCC[C@@H](C(N)=O)C2)cc1. The van der Waals surface area contributed by atoms with Gasteiger partial charge < -0.3 is 10.6 Å². The van der Waals surface area contributed by atoms with Gasteiger partial charge >= 0.3 is 0 Å². The Hall–Kier alpha value is -1.88. The van der Waals surface area contributed by atoms with Crippen LogP contribution in [0.5, 0.6) is 0 Å². The molecule has 0 unspecified atom stereocenters. The number of primary amides is 1. The Morgan fingerprint density at radius 1 is 1.35 bits per heavy atom. The Balaban J connectivity index is 1.95. The normalized spacial score (nSPS) is 19.7. The van der Waals surface area contributed by atoms with Crippen molar-refractivity contribution in [2.24, 2.45) is 11.7 Å². The Labute approximate surface area is 138 Å². The first kappa shape index (κ1) is 17.5. The standard InChI is InChI=1S/C18H27N3O2/c1-13-6-8-15(9-7-13)11-20(3)14(2)18(23)21-10-4-5-16(12-21)17(19)22/h6-9,14,16H,4-5,10-12H2,1-3H3,(H2,19,22)/t14-,16-/m1/s1. The molecule has 2 N–H and O–H groups in total. The van der Waals surface area contributed by atoms with E-state index in [1.54, 1.807) is 4.90 Å². The molecule has 1 aliphatic heterocycles. The van der Waals surface area contributed by atoms with Gasteiger partial charge in [0.05, 0.1) is 12.0 Å². The zero-order chi connectivity index (χ0) is 17.0. The van der Waals surface area contributed by atoms with Gasteiger partial charge in [0, 0.05) is 19.6 Å². The van der Waals surface area contributed by atoms with Crippen molar-refractivity contribution in [2.75, 3.05) is 20.1 Å². The third-order valence-corrected chi connectivity index (χ3v) is 4.71. The molecule has 1 aromatic rings. The van der Waals surface area contributed by atoms with E-state index in [4.69, 9.17) is 5.73 Å². The number of likely N-dealkylation sites (tertiary alicyclic amines) is 1. The molecule has 2 rings (SSSR count). The van der Waals surface area contributed by atoms with Crippen molar-refractivity contribution in [1.29, 1.82) is 0 Å². The zero-order valence-electron chi connectivity index (χ0n) is 14.3. The number of hydrogen-bond acceptors (Lipinski definition) is 3. The van der Waals surface area contributed by atoms with Gasteiger partial charge in [-0.3, -0.25) is 14.5 Å². The van der Waals surface area contributed by atoms with Gasteiger partial charge in [0.2, 0.25) is 11.8 Å². The molecule has 1 heterocycles. The van der Waals surface area contributed by atoms with Crippen molar-refractivity contribution in [2.45, 2.75) is 39.3 Å². The molecule has 0 aromatic heterocycles. The highest BCUT2D eigenvalue weighted by Crippen LogP contribution is 2.18. The molecule has 2 atom stereocenters. The van der Waals surface area contributed by atoms with Crippen LogP contribution < -0.4 is 5.73 Å². The summed E-state index contributed by atoms with van der Waals surface area (Å²) in [5, 5.41) is 0. The van der Waals surface area contributed by atoms with Gasteiger partial charge in [-0.2, -0.15) is 0 Å². The van der Waals surface area contributed by atoms with E-state index >= 15 is 0 Å². The summed E-state index contributed by atoms with van der Waals surface area (Å²) in [5.41, 5.74) is 7.81. The first-order valence-electron chi connectivity index (χ1n) is 8.22. The van der Waals surface area contributed by atoms with E-state index in [1.807, 2.05) is 18.9 Å². The molecular formula is C18H27N3O2. The maximum Gasteiger partial charge on any atom is 0.239 e. The number of piperidine rings is 1. The molecule has 5 nitrogen and oxygen atoms in total. The van der Waals surface area contributed by atoms with Crippen molar-refractivity contribution in [3.63, 3.8) is 0 Å². The average molecular weight is 317 g/mol. The largest absolute Gasteiger partial charge is 0.369 e. The van der Waals surface area contributed by atoms with Crippen LogP contribution in [0.1, 0.15) is 30.9 Å². The van der Waals surface area contributed by atoms with Crippen LogP contribution >= 0.6 is 0 Å². The number of carbonyl (C=O) groups excluding carboxylic acids is 2. The van der Waals surface area contributed by atoms with Crippen LogP contribution in [0.3, 0.4) is 0 Å². The summed E-state index contributed by atoms with van der Waals surface area (Å²) in [5.74, 6) is -0.434. The highest BCUT2D eigenvalue weighted by molar-refractivity contribution is 5.83. The van der Waals surface area contributed by atoms with Crippen molar-refractivity contribution >= 4 is 11.8 Å². The zero-order valence-corrected chi connectivity index (χ0v) is 14.3. The maximum atomic E-state index is 12.7. The van der Waals surface area contributed by atoms with E-state index < -0.39 is 0 Å². The van der Waals surface area contributed by atoms with Crippen molar-refractivity contribution in [1.82, 2.24) is 9.80 Å². The summed E-state index contributed by atoms with van der Waals surface area (Å²) in [4.78, 5) is 27.9. The predicted molar refractivity (Wildman–Crippen MR) is 90.6 cm³/mol. The monoisotopic (exact) mass is 317 g/mol. The smallest absolute Gasteiger partial charge is 0.239 e. The lowest BCUT2D eigenvalue weighted by atomic mass is 9.97. The summed E-state index contributed by atoms with van der Waals surface area (Å²) in [6, 6.07) is 8.12. The van der Waals surface area contributed by atoms with Crippen LogP contribution in [0.25, 0.3) is 0 Å². The third kappa shape index (κ3) is 4.55. The average Bonchev–Trinajstić information content (AvgIpc) is 2.55. The van der Waals surface area contributed by atoms with Gasteiger partial charge in [-0.1, -0.05) is 29.8 Å². The molecule has 2 amide bonds. The number of rotatable bonds is 5. The highest BCUT2D eigenvalue weighted by Gasteiger charge is 2.30. The Kier molecular flexibility index (Phi) is 5.77. The van der Waals surface area contributed by atoms with E-state index in [1.165, 1.54) is 11.1 Å². The van der Waals surface area contributed by atoms with E-state index in [2.05, 4.69) is 31.2 Å². The number of carbonyl (C=O) groups is 2. The first-order valence-corrected chi connectivity index (χ1v) is 8.22. The number of nitrogens with two attached hydrogens (primary N) is 1. The van der Waals surface area contributed by atoms with Crippen LogP contribution in [-0.4, -0.2) is 47.8 Å². The fourth-order valence-electron chi connectivity index (χ4n) is 2.98. The second kappa shape index (κ2) is 7.59. The minimum absolute atomic E-state index is 0.0746. The van der Waals surface area contributed by atoms with Gasteiger partial charge in [-0.15, -0.1) is 0 Å². The number of nitrogens with zero attached hydrogens (tertiary/aromatic N) is 2. The van der Waals surface area contributed by atoms with E-state index in [0.29, 0.717) is 13.1 Å². The number of hydrogen-bond donors (Lipinski definition) is 1. The van der Waals surface area contributed by atoms with Gasteiger partial charge in [0.15, 0.2) is 0 Å². The van der Waals surface area contributed by atoms with Gasteiger partial charge in [-0.25, -0.2) is 0 Å². The fourth-order valence-corrected chi connectivity index (χ4v) is 2.98. The molecule has 126 valence electrons. The lowest BCUT2D eigenvalue weighted by molar-refractivity contribution is -0.139. The Morgan fingerprint density at radius 3 is 2.61 bits per heavy atom. The molecular weight excluding hydrogens is 290 g/mol. The highest BCUT2D eigenvalue weighted by atomic mass is 16.2. The number of amides is 2. The van der Waals surface area contributed by atoms with Crippen molar-refractivity contribution < 1.29 is 9.59 Å². The molecule has 0 spiro atoms. The number of aryl methyl sites for hydroxylation is 1. The van der Waals surface area contributed by atoms with Gasteiger partial charge in [-0.05, 0) is 39.3 Å². The predicted octanol–water partition coefficient (Wildman–Crippen LogP) is 1.54.